The zero-order valence-electron chi connectivity index (χ0n) is 20.0. The molecule has 2 amide bonds. The fourth-order valence-corrected chi connectivity index (χ4v) is 4.56. The van der Waals surface area contributed by atoms with Crippen molar-refractivity contribution in [3.05, 3.63) is 64.2 Å². The lowest BCUT2D eigenvalue weighted by molar-refractivity contribution is -0.125. The highest BCUT2D eigenvalue weighted by Gasteiger charge is 2.21. The number of carbonyl (C=O) groups excluding carboxylic acids is 2. The van der Waals surface area contributed by atoms with Gasteiger partial charge in [-0.15, -0.1) is 0 Å². The number of hydrogen-bond acceptors (Lipinski definition) is 3. The van der Waals surface area contributed by atoms with Crippen molar-refractivity contribution < 1.29 is 9.59 Å². The van der Waals surface area contributed by atoms with Crippen molar-refractivity contribution in [3.8, 4) is 0 Å². The number of rotatable bonds is 8. The molecule has 0 atom stereocenters. The third kappa shape index (κ3) is 7.20. The van der Waals surface area contributed by atoms with Crippen molar-refractivity contribution in [3.63, 3.8) is 0 Å². The van der Waals surface area contributed by atoms with E-state index >= 15 is 0 Å². The summed E-state index contributed by atoms with van der Waals surface area (Å²) < 4.78 is 0. The van der Waals surface area contributed by atoms with Crippen LogP contribution in [-0.2, 0) is 16.0 Å². The molecule has 0 unspecified atom stereocenters. The number of nitrogens with one attached hydrogen (secondary N) is 2. The van der Waals surface area contributed by atoms with E-state index in [4.69, 9.17) is 0 Å². The summed E-state index contributed by atoms with van der Waals surface area (Å²) in [6.07, 6.45) is 4.60. The second kappa shape index (κ2) is 11.3. The summed E-state index contributed by atoms with van der Waals surface area (Å²) in [7, 11) is 0. The van der Waals surface area contributed by atoms with E-state index < -0.39 is 0 Å². The molecule has 2 aromatic rings. The van der Waals surface area contributed by atoms with Crippen LogP contribution >= 0.6 is 0 Å². The van der Waals surface area contributed by atoms with Gasteiger partial charge in [0, 0.05) is 5.69 Å². The van der Waals surface area contributed by atoms with E-state index in [1.54, 1.807) is 0 Å². The Hall–Kier alpha value is -2.66. The number of likely N-dealkylation sites (tertiary alicyclic amines) is 1. The number of nitrogens with zero attached hydrogens (tertiary/aromatic N) is 1. The number of piperidine rings is 1. The molecule has 1 heterocycles. The first-order valence-corrected chi connectivity index (χ1v) is 11.7. The molecule has 1 fully saturated rings. The predicted octanol–water partition coefficient (Wildman–Crippen LogP) is 4.32. The van der Waals surface area contributed by atoms with Gasteiger partial charge in [-0.25, -0.2) is 0 Å². The summed E-state index contributed by atoms with van der Waals surface area (Å²) >= 11 is 0. The summed E-state index contributed by atoms with van der Waals surface area (Å²) in [4.78, 5) is 26.8. The number of amides is 2. The van der Waals surface area contributed by atoms with Crippen molar-refractivity contribution in [2.24, 2.45) is 5.92 Å². The summed E-state index contributed by atoms with van der Waals surface area (Å²) in [5.74, 6) is 0.446. The maximum Gasteiger partial charge on any atom is 0.243 e. The minimum atomic E-state index is -0.191. The molecule has 0 saturated carbocycles. The van der Waals surface area contributed by atoms with Crippen LogP contribution in [0.1, 0.15) is 47.1 Å². The Kier molecular flexibility index (Phi) is 8.46. The fraction of sp³-hybridized carbons (Fsp3) is 0.481. The summed E-state index contributed by atoms with van der Waals surface area (Å²) in [5.41, 5.74) is 6.79. The van der Waals surface area contributed by atoms with Crippen LogP contribution in [0.2, 0.25) is 0 Å². The molecule has 5 heteroatoms. The number of hydrogen-bond donors (Lipinski definition) is 2. The lowest BCUT2D eigenvalue weighted by Crippen LogP contribution is -2.43. The van der Waals surface area contributed by atoms with Gasteiger partial charge in [0.25, 0.3) is 0 Å². The molecule has 0 spiro atoms. The highest BCUT2D eigenvalue weighted by molar-refractivity contribution is 5.96. The van der Waals surface area contributed by atoms with Crippen LogP contribution in [0.5, 0.6) is 0 Å². The predicted molar refractivity (Wildman–Crippen MR) is 131 cm³/mol. The third-order valence-electron chi connectivity index (χ3n) is 6.42. The third-order valence-corrected chi connectivity index (χ3v) is 6.42. The molecule has 1 aliphatic heterocycles. The average Bonchev–Trinajstić information content (AvgIpc) is 2.75. The molecule has 0 bridgehead atoms. The number of carbonyl (C=O) groups is 2. The molecular formula is C27H37N3O2. The smallest absolute Gasteiger partial charge is 0.243 e. The molecular weight excluding hydrogens is 398 g/mol. The minimum Gasteiger partial charge on any atom is -0.346 e. The first-order valence-electron chi connectivity index (χ1n) is 11.7. The molecule has 5 nitrogen and oxygen atoms in total. The van der Waals surface area contributed by atoms with E-state index in [1.807, 2.05) is 32.9 Å². The maximum absolute atomic E-state index is 12.3. The van der Waals surface area contributed by atoms with Crippen molar-refractivity contribution in [1.82, 2.24) is 10.2 Å². The van der Waals surface area contributed by atoms with Crippen molar-refractivity contribution in [2.45, 2.75) is 53.4 Å². The first kappa shape index (κ1) is 24.0. The van der Waals surface area contributed by atoms with Gasteiger partial charge in [0.2, 0.25) is 11.8 Å². The number of benzene rings is 2. The Bertz CT molecular complexity index is 905. The highest BCUT2D eigenvalue weighted by Crippen LogP contribution is 2.23. The lowest BCUT2D eigenvalue weighted by atomic mass is 9.90. The zero-order chi connectivity index (χ0) is 23.1. The van der Waals surface area contributed by atoms with Gasteiger partial charge in [-0.2, -0.15) is 0 Å². The zero-order valence-corrected chi connectivity index (χ0v) is 20.0. The van der Waals surface area contributed by atoms with Crippen LogP contribution in [0.25, 0.3) is 0 Å². The molecule has 2 aromatic carbocycles. The molecule has 2 N–H and O–H groups in total. The van der Waals surface area contributed by atoms with Gasteiger partial charge >= 0.3 is 0 Å². The molecule has 0 aliphatic carbocycles. The van der Waals surface area contributed by atoms with Crippen LogP contribution in [0, 0.1) is 33.6 Å². The molecule has 0 aromatic heterocycles. The van der Waals surface area contributed by atoms with E-state index in [0.29, 0.717) is 6.54 Å². The molecule has 1 saturated heterocycles. The van der Waals surface area contributed by atoms with E-state index in [2.05, 4.69) is 46.7 Å². The van der Waals surface area contributed by atoms with E-state index in [9.17, 15) is 9.59 Å². The summed E-state index contributed by atoms with van der Waals surface area (Å²) in [6.45, 7) is 10.4. The van der Waals surface area contributed by atoms with Crippen LogP contribution in [0.3, 0.4) is 0 Å². The van der Waals surface area contributed by atoms with Crippen LogP contribution in [-0.4, -0.2) is 42.9 Å². The number of aryl methyl sites for hydroxylation is 5. The van der Waals surface area contributed by atoms with Crippen molar-refractivity contribution in [1.29, 1.82) is 0 Å². The fourth-order valence-electron chi connectivity index (χ4n) is 4.56. The second-order valence-corrected chi connectivity index (χ2v) is 9.34. The van der Waals surface area contributed by atoms with Crippen molar-refractivity contribution >= 4 is 17.5 Å². The average molecular weight is 436 g/mol. The first-order chi connectivity index (χ1) is 15.3. The Balaban J connectivity index is 1.34. The number of anilines is 1. The molecule has 172 valence electrons. The second-order valence-electron chi connectivity index (χ2n) is 9.34. The molecule has 1 aliphatic rings. The van der Waals surface area contributed by atoms with Gasteiger partial charge < -0.3 is 10.6 Å². The maximum atomic E-state index is 12.3. The van der Waals surface area contributed by atoms with E-state index in [0.717, 1.165) is 55.1 Å². The van der Waals surface area contributed by atoms with Gasteiger partial charge in [-0.3, -0.25) is 14.5 Å². The Morgan fingerprint density at radius 1 is 0.906 bits per heavy atom. The lowest BCUT2D eigenvalue weighted by Gasteiger charge is -2.31. The summed E-state index contributed by atoms with van der Waals surface area (Å²) in [5, 5.41) is 5.70. The van der Waals surface area contributed by atoms with Gasteiger partial charge in [0.1, 0.15) is 0 Å². The Morgan fingerprint density at radius 3 is 2.16 bits per heavy atom. The SMILES string of the molecule is Cc1ccc(CCC2CCN(CC(=O)NCC(=O)Nc3c(C)cc(C)cc3C)CC2)cc1. The minimum absolute atomic E-state index is 0.00138. The van der Waals surface area contributed by atoms with Crippen LogP contribution < -0.4 is 10.6 Å². The van der Waals surface area contributed by atoms with Gasteiger partial charge in [-0.05, 0) is 89.1 Å². The van der Waals surface area contributed by atoms with Crippen LogP contribution in [0.4, 0.5) is 5.69 Å². The van der Waals surface area contributed by atoms with Gasteiger partial charge in [0.05, 0.1) is 13.1 Å². The Labute approximate surface area is 192 Å². The highest BCUT2D eigenvalue weighted by atomic mass is 16.2. The van der Waals surface area contributed by atoms with Gasteiger partial charge in [0.15, 0.2) is 0 Å². The van der Waals surface area contributed by atoms with Crippen molar-refractivity contribution in [2.75, 3.05) is 31.5 Å². The van der Waals surface area contributed by atoms with E-state index in [1.165, 1.54) is 23.1 Å². The van der Waals surface area contributed by atoms with E-state index in [-0.39, 0.29) is 18.4 Å². The monoisotopic (exact) mass is 435 g/mol. The Morgan fingerprint density at radius 2 is 1.53 bits per heavy atom. The van der Waals surface area contributed by atoms with Gasteiger partial charge in [-0.1, -0.05) is 47.5 Å². The topological polar surface area (TPSA) is 61.4 Å². The largest absolute Gasteiger partial charge is 0.346 e. The molecule has 0 radical (unpaired) electrons. The molecule has 32 heavy (non-hydrogen) atoms. The quantitative estimate of drug-likeness (QED) is 0.649. The standard InChI is InChI=1S/C27H37N3O2/c1-19-5-7-23(8-6-19)9-10-24-11-13-30(14-12-24)18-26(32)28-17-25(31)29-27-21(3)15-20(2)16-22(27)4/h5-8,15-16,24H,9-14,17-18H2,1-4H3,(H,28,32)(H,29,31). The molecule has 3 rings (SSSR count). The van der Waals surface area contributed by atoms with Crippen LogP contribution in [0.15, 0.2) is 36.4 Å². The summed E-state index contributed by atoms with van der Waals surface area (Å²) in [6, 6.07) is 12.9. The normalized spacial score (nSPS) is 14.9.